The third-order valence-corrected chi connectivity index (χ3v) is 2.25. The fourth-order valence-corrected chi connectivity index (χ4v) is 1.38. The van der Waals surface area contributed by atoms with E-state index in [1.807, 2.05) is 0 Å². The summed E-state index contributed by atoms with van der Waals surface area (Å²) in [6, 6.07) is 5.30. The molecule has 5 nitrogen and oxygen atoms in total. The molecule has 0 aliphatic carbocycles. The maximum Gasteiger partial charge on any atom is 0.238 e. The molecule has 1 atom stereocenters. The predicted molar refractivity (Wildman–Crippen MR) is 66.3 cm³/mol. The molecule has 0 aliphatic heterocycles. The van der Waals surface area contributed by atoms with Gasteiger partial charge in [-0.1, -0.05) is 0 Å². The summed E-state index contributed by atoms with van der Waals surface area (Å²) in [5, 5.41) is 5.45. The maximum absolute atomic E-state index is 12.6. The van der Waals surface area contributed by atoms with Crippen LogP contribution in [0.3, 0.4) is 0 Å². The van der Waals surface area contributed by atoms with Crippen molar-refractivity contribution in [2.24, 2.45) is 5.73 Å². The topological polar surface area (TPSA) is 84.2 Å². The number of nitrogens with one attached hydrogen (secondary N) is 2. The van der Waals surface area contributed by atoms with Crippen molar-refractivity contribution >= 4 is 17.5 Å². The smallest absolute Gasteiger partial charge is 0.238 e. The van der Waals surface area contributed by atoms with E-state index in [9.17, 15) is 14.0 Å². The van der Waals surface area contributed by atoms with Gasteiger partial charge in [-0.25, -0.2) is 4.39 Å². The second kappa shape index (κ2) is 6.70. The molecule has 1 aromatic carbocycles. The first kappa shape index (κ1) is 14.1. The zero-order valence-electron chi connectivity index (χ0n) is 10.1. The van der Waals surface area contributed by atoms with Crippen LogP contribution in [-0.4, -0.2) is 24.4 Å². The lowest BCUT2D eigenvalue weighted by molar-refractivity contribution is -0.119. The Bertz CT molecular complexity index is 420. The lowest BCUT2D eigenvalue weighted by atomic mass is 10.2. The Hall–Kier alpha value is -1.95. The van der Waals surface area contributed by atoms with Crippen LogP contribution in [-0.2, 0) is 9.59 Å². The number of hydrogen-bond donors (Lipinski definition) is 3. The molecule has 0 radical (unpaired) electrons. The monoisotopic (exact) mass is 253 g/mol. The summed E-state index contributed by atoms with van der Waals surface area (Å²) in [6.45, 7) is 1.82. The number of primary amides is 1. The molecule has 98 valence electrons. The van der Waals surface area contributed by atoms with Crippen LogP contribution in [0.1, 0.15) is 13.3 Å². The number of anilines is 1. The molecule has 18 heavy (non-hydrogen) atoms. The van der Waals surface area contributed by atoms with E-state index in [-0.39, 0.29) is 30.7 Å². The Labute approximate surface area is 105 Å². The van der Waals surface area contributed by atoms with Crippen LogP contribution in [0.15, 0.2) is 24.3 Å². The molecule has 0 aliphatic rings. The summed E-state index contributed by atoms with van der Waals surface area (Å²) in [5.41, 5.74) is 5.54. The zero-order chi connectivity index (χ0) is 13.5. The molecule has 0 aromatic heterocycles. The lowest BCUT2D eigenvalue weighted by Gasteiger charge is -2.11. The highest BCUT2D eigenvalue weighted by atomic mass is 19.1. The maximum atomic E-state index is 12.6. The molecule has 2 amide bonds. The summed E-state index contributed by atoms with van der Waals surface area (Å²) in [5.74, 6) is -1.05. The van der Waals surface area contributed by atoms with Crippen LogP contribution in [0, 0.1) is 5.82 Å². The van der Waals surface area contributed by atoms with Gasteiger partial charge in [-0.3, -0.25) is 9.59 Å². The number of nitrogens with two attached hydrogens (primary N) is 1. The standard InChI is InChI=1S/C12H16FN3O2/c1-8(6-11(14)17)15-7-12(18)16-10-4-2-9(13)3-5-10/h2-5,8,15H,6-7H2,1H3,(H2,14,17)(H,16,18). The molecule has 4 N–H and O–H groups in total. The highest BCUT2D eigenvalue weighted by Crippen LogP contribution is 2.07. The number of halogens is 1. The van der Waals surface area contributed by atoms with Crippen LogP contribution < -0.4 is 16.4 Å². The molecule has 1 aromatic rings. The second-order valence-electron chi connectivity index (χ2n) is 4.01. The minimum Gasteiger partial charge on any atom is -0.370 e. The molecule has 1 rings (SSSR count). The number of carbonyl (C=O) groups is 2. The second-order valence-corrected chi connectivity index (χ2v) is 4.01. The van der Waals surface area contributed by atoms with E-state index in [0.29, 0.717) is 5.69 Å². The number of rotatable bonds is 6. The molecule has 0 saturated carbocycles. The number of carbonyl (C=O) groups excluding carboxylic acids is 2. The first-order valence-corrected chi connectivity index (χ1v) is 5.54. The number of benzene rings is 1. The van der Waals surface area contributed by atoms with E-state index < -0.39 is 5.91 Å². The molecule has 1 unspecified atom stereocenters. The van der Waals surface area contributed by atoms with Crippen molar-refractivity contribution in [1.29, 1.82) is 0 Å². The van der Waals surface area contributed by atoms with Gasteiger partial charge in [-0.05, 0) is 31.2 Å². The summed E-state index contributed by atoms with van der Waals surface area (Å²) in [6.07, 6.45) is 0.170. The zero-order valence-corrected chi connectivity index (χ0v) is 10.1. The number of amides is 2. The third-order valence-electron chi connectivity index (χ3n) is 2.25. The normalized spacial score (nSPS) is 11.9. The van der Waals surface area contributed by atoms with Crippen LogP contribution in [0.4, 0.5) is 10.1 Å². The predicted octanol–water partition coefficient (Wildman–Crippen LogP) is 0.618. The molecule has 6 heteroatoms. The van der Waals surface area contributed by atoms with Gasteiger partial charge in [0.2, 0.25) is 11.8 Å². The van der Waals surface area contributed by atoms with Crippen LogP contribution in [0.2, 0.25) is 0 Å². The minimum absolute atomic E-state index is 0.0613. The fourth-order valence-electron chi connectivity index (χ4n) is 1.38. The van der Waals surface area contributed by atoms with Gasteiger partial charge in [0.1, 0.15) is 5.82 Å². The summed E-state index contributed by atoms with van der Waals surface area (Å²) < 4.78 is 12.6. The highest BCUT2D eigenvalue weighted by molar-refractivity contribution is 5.92. The Morgan fingerprint density at radius 2 is 1.94 bits per heavy atom. The molecule has 0 heterocycles. The van der Waals surface area contributed by atoms with Crippen molar-refractivity contribution in [3.63, 3.8) is 0 Å². The Kier molecular flexibility index (Phi) is 5.26. The van der Waals surface area contributed by atoms with Gasteiger partial charge in [0, 0.05) is 18.2 Å². The van der Waals surface area contributed by atoms with Crippen LogP contribution in [0.5, 0.6) is 0 Å². The number of hydrogen-bond acceptors (Lipinski definition) is 3. The van der Waals surface area contributed by atoms with Crippen molar-refractivity contribution in [1.82, 2.24) is 5.32 Å². The van der Waals surface area contributed by atoms with Gasteiger partial charge >= 0.3 is 0 Å². The van der Waals surface area contributed by atoms with E-state index in [4.69, 9.17) is 5.73 Å². The molecule has 0 bridgehead atoms. The van der Waals surface area contributed by atoms with Gasteiger partial charge in [0.25, 0.3) is 0 Å². The van der Waals surface area contributed by atoms with Gasteiger partial charge in [-0.2, -0.15) is 0 Å². The SMILES string of the molecule is CC(CC(N)=O)NCC(=O)Nc1ccc(F)cc1. The fraction of sp³-hybridized carbons (Fsp3) is 0.333. The van der Waals surface area contributed by atoms with E-state index in [2.05, 4.69) is 10.6 Å². The Balaban J connectivity index is 2.33. The first-order valence-electron chi connectivity index (χ1n) is 5.54. The van der Waals surface area contributed by atoms with Crippen molar-refractivity contribution in [3.05, 3.63) is 30.1 Å². The quantitative estimate of drug-likeness (QED) is 0.694. The average Bonchev–Trinajstić information content (AvgIpc) is 2.29. The molecular formula is C12H16FN3O2. The molecular weight excluding hydrogens is 237 g/mol. The van der Waals surface area contributed by atoms with E-state index in [1.54, 1.807) is 6.92 Å². The third kappa shape index (κ3) is 5.40. The van der Waals surface area contributed by atoms with E-state index in [1.165, 1.54) is 24.3 Å². The molecule has 0 fully saturated rings. The van der Waals surface area contributed by atoms with Gasteiger partial charge in [0.05, 0.1) is 6.54 Å². The van der Waals surface area contributed by atoms with Gasteiger partial charge < -0.3 is 16.4 Å². The summed E-state index contributed by atoms with van der Waals surface area (Å²) in [7, 11) is 0. The van der Waals surface area contributed by atoms with Crippen molar-refractivity contribution in [2.45, 2.75) is 19.4 Å². The van der Waals surface area contributed by atoms with Gasteiger partial charge in [0.15, 0.2) is 0 Å². The van der Waals surface area contributed by atoms with E-state index in [0.717, 1.165) is 0 Å². The van der Waals surface area contributed by atoms with Crippen LogP contribution in [0.25, 0.3) is 0 Å². The van der Waals surface area contributed by atoms with Crippen LogP contribution >= 0.6 is 0 Å². The summed E-state index contributed by atoms with van der Waals surface area (Å²) >= 11 is 0. The van der Waals surface area contributed by atoms with Crippen molar-refractivity contribution < 1.29 is 14.0 Å². The van der Waals surface area contributed by atoms with Gasteiger partial charge in [-0.15, -0.1) is 0 Å². The lowest BCUT2D eigenvalue weighted by Crippen LogP contribution is -2.36. The highest BCUT2D eigenvalue weighted by Gasteiger charge is 2.08. The van der Waals surface area contributed by atoms with Crippen molar-refractivity contribution in [3.8, 4) is 0 Å². The molecule has 0 spiro atoms. The first-order chi connectivity index (χ1) is 8.47. The van der Waals surface area contributed by atoms with Crippen molar-refractivity contribution in [2.75, 3.05) is 11.9 Å². The Morgan fingerprint density at radius 3 is 2.50 bits per heavy atom. The average molecular weight is 253 g/mol. The summed E-state index contributed by atoms with van der Waals surface area (Å²) in [4.78, 5) is 22.1. The Morgan fingerprint density at radius 1 is 1.33 bits per heavy atom. The van der Waals surface area contributed by atoms with E-state index >= 15 is 0 Å². The molecule has 0 saturated heterocycles. The minimum atomic E-state index is -0.422. The largest absolute Gasteiger partial charge is 0.370 e.